The molecule has 0 bridgehead atoms. The van der Waals surface area contributed by atoms with E-state index in [0.29, 0.717) is 4.90 Å². The Kier molecular flexibility index (Phi) is 7.34. The lowest BCUT2D eigenvalue weighted by molar-refractivity contribution is -0.464. The van der Waals surface area contributed by atoms with E-state index in [1.54, 1.807) is 0 Å². The van der Waals surface area contributed by atoms with Crippen LogP contribution in [0.2, 0.25) is 0 Å². The Bertz CT molecular complexity index is 638. The van der Waals surface area contributed by atoms with Crippen LogP contribution in [0.1, 0.15) is 0 Å². The van der Waals surface area contributed by atoms with E-state index < -0.39 is 60.3 Å². The first kappa shape index (κ1) is 29.7. The van der Waals surface area contributed by atoms with Gasteiger partial charge in [0.1, 0.15) is 6.10 Å². The third-order valence-electron chi connectivity index (χ3n) is 3.70. The first-order valence-electron chi connectivity index (χ1n) is 7.13. The summed E-state index contributed by atoms with van der Waals surface area (Å²) >= 11 is 0. The minimum absolute atomic E-state index is 0.359. The van der Waals surface area contributed by atoms with E-state index in [-0.39, 0.29) is 0 Å². The summed E-state index contributed by atoms with van der Waals surface area (Å²) in [5, 5.41) is 8.86. The van der Waals surface area contributed by atoms with Crippen molar-refractivity contribution in [2.24, 2.45) is 0 Å². The zero-order valence-corrected chi connectivity index (χ0v) is 14.6. The highest BCUT2D eigenvalue weighted by molar-refractivity contribution is 5.15. The molecular weight excluding hydrogens is 497 g/mol. The van der Waals surface area contributed by atoms with Crippen LogP contribution in [0.3, 0.4) is 0 Å². The summed E-state index contributed by atoms with van der Waals surface area (Å²) in [5.74, 6) is -57.1. The number of hydrogen-bond donors (Lipinski definition) is 1. The zero-order chi connectivity index (χ0) is 25.9. The van der Waals surface area contributed by atoms with Gasteiger partial charge in [-0.25, -0.2) is 0 Å². The Balaban J connectivity index is 6.69. The van der Waals surface area contributed by atoms with Crippen molar-refractivity contribution < 1.29 is 79.7 Å². The van der Waals surface area contributed by atoms with E-state index in [0.717, 1.165) is 14.1 Å². The molecule has 0 radical (unpaired) electrons. The van der Waals surface area contributed by atoms with Gasteiger partial charge in [0, 0.05) is 6.54 Å². The molecule has 0 fully saturated rings. The van der Waals surface area contributed by atoms with Crippen molar-refractivity contribution in [3.05, 3.63) is 0 Å². The van der Waals surface area contributed by atoms with Crippen LogP contribution in [0.4, 0.5) is 74.6 Å². The third kappa shape index (κ3) is 3.99. The van der Waals surface area contributed by atoms with Gasteiger partial charge >= 0.3 is 47.6 Å². The molecule has 0 aliphatic carbocycles. The largest absolute Gasteiger partial charge is 0.460 e. The number of hydrogen-bond acceptors (Lipinski definition) is 2. The summed E-state index contributed by atoms with van der Waals surface area (Å²) in [6.45, 7) is -1.73. The Labute approximate surface area is 160 Å². The first-order valence-corrected chi connectivity index (χ1v) is 7.13. The summed E-state index contributed by atoms with van der Waals surface area (Å²) in [4.78, 5) is 0.359. The number of halogens is 17. The number of likely N-dealkylation sites (N-methyl/N-ethyl adjacent to an activating group) is 1. The molecule has 0 amide bonds. The Morgan fingerprint density at radius 3 is 1.03 bits per heavy atom. The Hall–Kier alpha value is -1.27. The molecule has 0 rings (SSSR count). The lowest BCUT2D eigenvalue weighted by Crippen LogP contribution is -2.75. The molecule has 2 nitrogen and oxygen atoms in total. The number of rotatable bonds is 9. The van der Waals surface area contributed by atoms with Gasteiger partial charge in [0.2, 0.25) is 0 Å². The fourth-order valence-electron chi connectivity index (χ4n) is 1.85. The summed E-state index contributed by atoms with van der Waals surface area (Å²) in [6.07, 6.45) is -11.8. The molecule has 0 aromatic rings. The standard InChI is InChI=1S/C12H10F17NO/c1-30(2)3-4(31)5(13,14)6(15,16)7(17,18)8(19,20)9(21,22)10(23,24)11(25,26)12(27,28)29/h4,31H,3H2,1-2H3. The van der Waals surface area contributed by atoms with Crippen molar-refractivity contribution in [2.45, 2.75) is 53.7 Å². The third-order valence-corrected chi connectivity index (χ3v) is 3.70. The number of alkyl halides is 17. The van der Waals surface area contributed by atoms with Crippen molar-refractivity contribution in [1.82, 2.24) is 4.90 Å². The van der Waals surface area contributed by atoms with Crippen molar-refractivity contribution in [3.63, 3.8) is 0 Å². The minimum Gasteiger partial charge on any atom is -0.385 e. The normalized spacial score (nSPS) is 17.3. The quantitative estimate of drug-likeness (QED) is 0.449. The van der Waals surface area contributed by atoms with Gasteiger partial charge < -0.3 is 10.0 Å². The fourth-order valence-corrected chi connectivity index (χ4v) is 1.85. The van der Waals surface area contributed by atoms with Gasteiger partial charge in [-0.1, -0.05) is 0 Å². The molecule has 0 saturated carbocycles. The van der Waals surface area contributed by atoms with Crippen molar-refractivity contribution >= 4 is 0 Å². The summed E-state index contributed by atoms with van der Waals surface area (Å²) in [5.41, 5.74) is 0. The molecule has 0 aliphatic heterocycles. The number of aliphatic hydroxyl groups excluding tert-OH is 1. The molecule has 0 spiro atoms. The van der Waals surface area contributed by atoms with Crippen molar-refractivity contribution in [2.75, 3.05) is 20.6 Å². The highest BCUT2D eigenvalue weighted by Crippen LogP contribution is 2.64. The van der Waals surface area contributed by atoms with E-state index in [4.69, 9.17) is 5.11 Å². The summed E-state index contributed by atoms with van der Waals surface area (Å²) in [6, 6.07) is 0. The van der Waals surface area contributed by atoms with Crippen LogP contribution in [-0.2, 0) is 0 Å². The lowest BCUT2D eigenvalue weighted by Gasteiger charge is -2.43. The van der Waals surface area contributed by atoms with Gasteiger partial charge in [0.25, 0.3) is 0 Å². The number of nitrogens with zero attached hydrogens (tertiary/aromatic N) is 1. The second-order valence-electron chi connectivity index (χ2n) is 6.35. The maximum Gasteiger partial charge on any atom is 0.460 e. The molecule has 0 saturated heterocycles. The molecular formula is C12H10F17NO. The van der Waals surface area contributed by atoms with E-state index in [1.807, 2.05) is 0 Å². The van der Waals surface area contributed by atoms with Crippen LogP contribution < -0.4 is 0 Å². The smallest absolute Gasteiger partial charge is 0.385 e. The van der Waals surface area contributed by atoms with Gasteiger partial charge in [0.05, 0.1) is 0 Å². The molecule has 0 heterocycles. The van der Waals surface area contributed by atoms with E-state index in [9.17, 15) is 74.6 Å². The number of aliphatic hydroxyl groups is 1. The molecule has 19 heteroatoms. The monoisotopic (exact) mass is 507 g/mol. The molecule has 1 N–H and O–H groups in total. The van der Waals surface area contributed by atoms with Crippen LogP contribution in [0.15, 0.2) is 0 Å². The fraction of sp³-hybridized carbons (Fsp3) is 1.00. The van der Waals surface area contributed by atoms with Gasteiger partial charge in [-0.3, -0.25) is 0 Å². The van der Waals surface area contributed by atoms with Crippen LogP contribution in [-0.4, -0.2) is 84.4 Å². The highest BCUT2D eigenvalue weighted by Gasteiger charge is 2.95. The second-order valence-corrected chi connectivity index (χ2v) is 6.35. The van der Waals surface area contributed by atoms with E-state index >= 15 is 0 Å². The lowest BCUT2D eigenvalue weighted by atomic mass is 9.87. The molecule has 0 aromatic carbocycles. The molecule has 0 aromatic heterocycles. The summed E-state index contributed by atoms with van der Waals surface area (Å²) in [7, 11) is 1.44. The van der Waals surface area contributed by atoms with Crippen LogP contribution in [0.25, 0.3) is 0 Å². The van der Waals surface area contributed by atoms with Crippen LogP contribution in [0, 0.1) is 0 Å². The van der Waals surface area contributed by atoms with Crippen molar-refractivity contribution in [3.8, 4) is 0 Å². The maximum atomic E-state index is 13.5. The average molecular weight is 507 g/mol. The Morgan fingerprint density at radius 2 is 0.774 bits per heavy atom. The SMILES string of the molecule is CN(C)CC(O)C(F)(F)C(F)(F)C(F)(F)C(F)(F)C(F)(F)C(F)(F)C(F)(F)C(F)(F)F. The van der Waals surface area contributed by atoms with Gasteiger partial charge in [-0.05, 0) is 14.1 Å². The average Bonchev–Trinajstić information content (AvgIpc) is 2.51. The zero-order valence-electron chi connectivity index (χ0n) is 14.6. The Morgan fingerprint density at radius 1 is 0.516 bits per heavy atom. The molecule has 188 valence electrons. The molecule has 1 unspecified atom stereocenters. The topological polar surface area (TPSA) is 23.5 Å². The van der Waals surface area contributed by atoms with Crippen LogP contribution in [0.5, 0.6) is 0 Å². The summed E-state index contributed by atoms with van der Waals surface area (Å²) < 4.78 is 221. The van der Waals surface area contributed by atoms with E-state index in [2.05, 4.69) is 0 Å². The maximum absolute atomic E-state index is 13.5. The minimum atomic E-state index is -8.67. The van der Waals surface area contributed by atoms with E-state index in [1.165, 1.54) is 0 Å². The molecule has 0 aliphatic rings. The van der Waals surface area contributed by atoms with Gasteiger partial charge in [-0.15, -0.1) is 0 Å². The highest BCUT2D eigenvalue weighted by atomic mass is 19.4. The second kappa shape index (κ2) is 7.65. The molecule has 1 atom stereocenters. The van der Waals surface area contributed by atoms with Gasteiger partial charge in [0.15, 0.2) is 0 Å². The predicted octanol–water partition coefficient (Wildman–Crippen LogP) is 4.92. The predicted molar refractivity (Wildman–Crippen MR) is 65.2 cm³/mol. The van der Waals surface area contributed by atoms with Crippen LogP contribution >= 0.6 is 0 Å². The first-order chi connectivity index (χ1) is 13.1. The molecule has 31 heavy (non-hydrogen) atoms. The van der Waals surface area contributed by atoms with Crippen molar-refractivity contribution in [1.29, 1.82) is 0 Å². The van der Waals surface area contributed by atoms with Gasteiger partial charge in [-0.2, -0.15) is 74.6 Å².